The Kier molecular flexibility index (Phi) is 6.91. The first-order valence-corrected chi connectivity index (χ1v) is 7.24. The molecule has 3 amide bonds. The number of likely N-dealkylation sites (tertiary alicyclic amines) is 1. The first-order chi connectivity index (χ1) is 10.8. The Morgan fingerprint density at radius 1 is 1.35 bits per heavy atom. The summed E-state index contributed by atoms with van der Waals surface area (Å²) in [6, 6.07) is -2.83. The van der Waals surface area contributed by atoms with Crippen molar-refractivity contribution in [2.75, 3.05) is 19.7 Å². The van der Waals surface area contributed by atoms with Gasteiger partial charge in [0.05, 0.1) is 19.2 Å². The molecule has 3 unspecified atom stereocenters. The van der Waals surface area contributed by atoms with Crippen LogP contribution in [0.15, 0.2) is 0 Å². The van der Waals surface area contributed by atoms with E-state index in [0.29, 0.717) is 19.4 Å². The summed E-state index contributed by atoms with van der Waals surface area (Å²) in [5, 5.41) is 21.9. The van der Waals surface area contributed by atoms with E-state index in [-0.39, 0.29) is 5.91 Å². The minimum absolute atomic E-state index is 0.335. The van der Waals surface area contributed by atoms with E-state index in [1.165, 1.54) is 11.8 Å². The van der Waals surface area contributed by atoms with E-state index in [1.54, 1.807) is 0 Å². The highest BCUT2D eigenvalue weighted by atomic mass is 16.4. The molecule has 0 radical (unpaired) electrons. The maximum atomic E-state index is 12.1. The van der Waals surface area contributed by atoms with Gasteiger partial charge in [0, 0.05) is 6.54 Å². The Morgan fingerprint density at radius 2 is 2.00 bits per heavy atom. The highest BCUT2D eigenvalue weighted by Crippen LogP contribution is 2.18. The quantitative estimate of drug-likeness (QED) is 0.332. The van der Waals surface area contributed by atoms with Gasteiger partial charge in [-0.3, -0.25) is 14.4 Å². The number of carboxylic acid groups (broad SMARTS) is 1. The Labute approximate surface area is 133 Å². The van der Waals surface area contributed by atoms with E-state index >= 15 is 0 Å². The van der Waals surface area contributed by atoms with Gasteiger partial charge in [0.1, 0.15) is 12.1 Å². The molecule has 23 heavy (non-hydrogen) atoms. The van der Waals surface area contributed by atoms with Crippen molar-refractivity contribution < 1.29 is 29.4 Å². The smallest absolute Gasteiger partial charge is 0.328 e. The van der Waals surface area contributed by atoms with Gasteiger partial charge in [-0.2, -0.15) is 0 Å². The van der Waals surface area contributed by atoms with Gasteiger partial charge in [0.2, 0.25) is 17.7 Å². The lowest BCUT2D eigenvalue weighted by atomic mass is 10.2. The van der Waals surface area contributed by atoms with Gasteiger partial charge in [0.15, 0.2) is 0 Å². The van der Waals surface area contributed by atoms with Crippen molar-refractivity contribution in [2.24, 2.45) is 5.73 Å². The number of aliphatic hydroxyl groups excluding tert-OH is 1. The summed E-state index contributed by atoms with van der Waals surface area (Å²) < 4.78 is 0. The molecule has 1 heterocycles. The molecule has 1 saturated heterocycles. The predicted molar refractivity (Wildman–Crippen MR) is 78.0 cm³/mol. The maximum absolute atomic E-state index is 12.1. The van der Waals surface area contributed by atoms with Gasteiger partial charge in [-0.05, 0) is 19.8 Å². The Morgan fingerprint density at radius 3 is 2.52 bits per heavy atom. The van der Waals surface area contributed by atoms with Gasteiger partial charge >= 0.3 is 5.97 Å². The fraction of sp³-hybridized carbons (Fsp3) is 0.692. The normalized spacial score (nSPS) is 19.8. The Hall–Kier alpha value is -2.20. The van der Waals surface area contributed by atoms with Crippen molar-refractivity contribution in [1.29, 1.82) is 0 Å². The van der Waals surface area contributed by atoms with E-state index in [4.69, 9.17) is 15.9 Å². The van der Waals surface area contributed by atoms with E-state index in [9.17, 15) is 19.2 Å². The fourth-order valence-corrected chi connectivity index (χ4v) is 2.28. The lowest BCUT2D eigenvalue weighted by Gasteiger charge is -2.25. The van der Waals surface area contributed by atoms with Gasteiger partial charge in [-0.25, -0.2) is 4.79 Å². The zero-order chi connectivity index (χ0) is 17.6. The van der Waals surface area contributed by atoms with Crippen LogP contribution in [-0.4, -0.2) is 76.6 Å². The number of carboxylic acids is 1. The van der Waals surface area contributed by atoms with Crippen molar-refractivity contribution in [3.05, 3.63) is 0 Å². The molecule has 130 valence electrons. The fourth-order valence-electron chi connectivity index (χ4n) is 2.28. The Balaban J connectivity index is 2.51. The number of aliphatic carboxylic acids is 1. The lowest BCUT2D eigenvalue weighted by Crippen LogP contribution is -2.52. The van der Waals surface area contributed by atoms with E-state index in [0.717, 1.165) is 0 Å². The molecule has 1 aliphatic rings. The SMILES string of the molecule is CC(N)C(=O)N1CCCC1C(=O)NCC(=O)NC(CO)C(=O)O. The third-order valence-corrected chi connectivity index (χ3v) is 3.47. The van der Waals surface area contributed by atoms with Crippen LogP contribution in [0.2, 0.25) is 0 Å². The molecule has 0 aromatic carbocycles. The van der Waals surface area contributed by atoms with Gasteiger partial charge in [0.25, 0.3) is 0 Å². The zero-order valence-corrected chi connectivity index (χ0v) is 12.8. The van der Waals surface area contributed by atoms with Gasteiger partial charge in [-0.15, -0.1) is 0 Å². The zero-order valence-electron chi connectivity index (χ0n) is 12.8. The number of carbonyl (C=O) groups excluding carboxylic acids is 3. The van der Waals surface area contributed by atoms with Crippen LogP contribution in [0.1, 0.15) is 19.8 Å². The van der Waals surface area contributed by atoms with E-state index in [2.05, 4.69) is 10.6 Å². The first-order valence-electron chi connectivity index (χ1n) is 7.24. The number of nitrogens with one attached hydrogen (secondary N) is 2. The van der Waals surface area contributed by atoms with Crippen LogP contribution >= 0.6 is 0 Å². The molecule has 0 bridgehead atoms. The summed E-state index contributed by atoms with van der Waals surface area (Å²) in [4.78, 5) is 47.6. The van der Waals surface area contributed by atoms with Crippen LogP contribution in [0.25, 0.3) is 0 Å². The van der Waals surface area contributed by atoms with Crippen LogP contribution in [-0.2, 0) is 19.2 Å². The van der Waals surface area contributed by atoms with E-state index in [1.807, 2.05) is 0 Å². The molecule has 0 aliphatic carbocycles. The predicted octanol–water partition coefficient (Wildman–Crippen LogP) is -3.00. The number of nitrogens with zero attached hydrogens (tertiary/aromatic N) is 1. The monoisotopic (exact) mass is 330 g/mol. The molecule has 1 aliphatic heterocycles. The molecule has 3 atom stereocenters. The molecular formula is C13H22N4O6. The number of hydrogen-bond acceptors (Lipinski definition) is 6. The third-order valence-electron chi connectivity index (χ3n) is 3.47. The Bertz CT molecular complexity index is 481. The van der Waals surface area contributed by atoms with Crippen molar-refractivity contribution in [3.63, 3.8) is 0 Å². The van der Waals surface area contributed by atoms with Crippen LogP contribution < -0.4 is 16.4 Å². The van der Waals surface area contributed by atoms with Crippen LogP contribution in [0.5, 0.6) is 0 Å². The summed E-state index contributed by atoms with van der Waals surface area (Å²) in [5.74, 6) is -2.96. The van der Waals surface area contributed by atoms with Crippen molar-refractivity contribution in [3.8, 4) is 0 Å². The van der Waals surface area contributed by atoms with Crippen LogP contribution in [0.3, 0.4) is 0 Å². The van der Waals surface area contributed by atoms with Gasteiger partial charge in [-0.1, -0.05) is 0 Å². The number of nitrogens with two attached hydrogens (primary N) is 1. The average Bonchev–Trinajstić information content (AvgIpc) is 2.98. The van der Waals surface area contributed by atoms with Crippen LogP contribution in [0.4, 0.5) is 0 Å². The van der Waals surface area contributed by atoms with Crippen LogP contribution in [0, 0.1) is 0 Å². The average molecular weight is 330 g/mol. The summed E-state index contributed by atoms with van der Waals surface area (Å²) in [6.45, 7) is 0.758. The summed E-state index contributed by atoms with van der Waals surface area (Å²) >= 11 is 0. The summed E-state index contributed by atoms with van der Waals surface area (Å²) in [7, 11) is 0. The highest BCUT2D eigenvalue weighted by Gasteiger charge is 2.35. The number of carbonyl (C=O) groups is 4. The largest absolute Gasteiger partial charge is 0.480 e. The molecule has 0 spiro atoms. The minimum Gasteiger partial charge on any atom is -0.480 e. The molecule has 0 aromatic rings. The molecule has 0 saturated carbocycles. The minimum atomic E-state index is -1.43. The van der Waals surface area contributed by atoms with Crippen molar-refractivity contribution in [2.45, 2.75) is 37.9 Å². The molecule has 0 aromatic heterocycles. The number of hydrogen-bond donors (Lipinski definition) is 5. The lowest BCUT2D eigenvalue weighted by molar-refractivity contribution is -0.143. The second kappa shape index (κ2) is 8.44. The number of aliphatic hydroxyl groups is 1. The third kappa shape index (κ3) is 5.18. The summed E-state index contributed by atoms with van der Waals surface area (Å²) in [5.41, 5.74) is 5.53. The van der Waals surface area contributed by atoms with Crippen molar-refractivity contribution >= 4 is 23.7 Å². The first kappa shape index (κ1) is 18.8. The van der Waals surface area contributed by atoms with Crippen molar-refractivity contribution in [1.82, 2.24) is 15.5 Å². The highest BCUT2D eigenvalue weighted by molar-refractivity contribution is 5.92. The second-order valence-corrected chi connectivity index (χ2v) is 5.34. The second-order valence-electron chi connectivity index (χ2n) is 5.34. The van der Waals surface area contributed by atoms with Gasteiger partial charge < -0.3 is 31.5 Å². The molecule has 10 nitrogen and oxygen atoms in total. The molecule has 10 heteroatoms. The maximum Gasteiger partial charge on any atom is 0.328 e. The molecule has 1 rings (SSSR count). The van der Waals surface area contributed by atoms with E-state index < -0.39 is 49.1 Å². The molecule has 6 N–H and O–H groups in total. The molecule has 1 fully saturated rings. The topological polar surface area (TPSA) is 162 Å². The number of rotatable bonds is 7. The molecular weight excluding hydrogens is 308 g/mol. The standard InChI is InChI=1S/C13H22N4O6/c1-7(14)12(21)17-4-2-3-9(17)11(20)15-5-10(19)16-8(6-18)13(22)23/h7-9,18H,2-6,14H2,1H3,(H,15,20)(H,16,19)(H,22,23). The number of amides is 3. The summed E-state index contributed by atoms with van der Waals surface area (Å²) in [6.07, 6.45) is 1.13.